The number of nitrogens with one attached hydrogen (secondary N) is 2. The summed E-state index contributed by atoms with van der Waals surface area (Å²) in [7, 11) is 0. The number of H-pyrrole nitrogens is 1. The number of aromatic amines is 1. The van der Waals surface area contributed by atoms with Gasteiger partial charge >= 0.3 is 0 Å². The molecule has 3 rings (SSSR count). The third kappa shape index (κ3) is 2.05. The molecule has 0 amide bonds. The first-order valence-corrected chi connectivity index (χ1v) is 6.20. The molecule has 92 valence electrons. The van der Waals surface area contributed by atoms with E-state index in [1.165, 1.54) is 0 Å². The lowest BCUT2D eigenvalue weighted by atomic mass is 10.1. The van der Waals surface area contributed by atoms with E-state index >= 15 is 0 Å². The lowest BCUT2D eigenvalue weighted by Crippen LogP contribution is -2.31. The highest BCUT2D eigenvalue weighted by Gasteiger charge is 2.15. The van der Waals surface area contributed by atoms with Crippen molar-refractivity contribution in [1.82, 2.24) is 15.3 Å². The number of halogens is 1. The lowest BCUT2D eigenvalue weighted by Gasteiger charge is -2.15. The molecule has 1 aromatic carbocycles. The summed E-state index contributed by atoms with van der Waals surface area (Å²) in [5.41, 5.74) is 2.41. The molecule has 18 heavy (non-hydrogen) atoms. The SMILES string of the molecule is O=c1[nH]c(-c2cccc(Cl)c2)nc2c1CCNC2. The van der Waals surface area contributed by atoms with E-state index in [-0.39, 0.29) is 5.56 Å². The highest BCUT2D eigenvalue weighted by Crippen LogP contribution is 2.19. The number of nitrogens with zero attached hydrogens (tertiary/aromatic N) is 1. The van der Waals surface area contributed by atoms with Crippen LogP contribution in [0.1, 0.15) is 11.3 Å². The van der Waals surface area contributed by atoms with Crippen LogP contribution in [0, 0.1) is 0 Å². The molecule has 0 saturated heterocycles. The minimum absolute atomic E-state index is 0.0449. The molecule has 0 atom stereocenters. The molecule has 0 bridgehead atoms. The fourth-order valence-corrected chi connectivity index (χ4v) is 2.33. The molecule has 0 unspecified atom stereocenters. The van der Waals surface area contributed by atoms with Crippen molar-refractivity contribution in [3.05, 3.63) is 50.9 Å². The quantitative estimate of drug-likeness (QED) is 0.822. The summed E-state index contributed by atoms with van der Waals surface area (Å²) in [4.78, 5) is 19.3. The number of hydrogen-bond donors (Lipinski definition) is 2. The van der Waals surface area contributed by atoms with Crippen LogP contribution in [0.4, 0.5) is 0 Å². The van der Waals surface area contributed by atoms with Gasteiger partial charge in [0.2, 0.25) is 0 Å². The Bertz CT molecular complexity index is 651. The van der Waals surface area contributed by atoms with Crippen LogP contribution < -0.4 is 10.9 Å². The van der Waals surface area contributed by atoms with Gasteiger partial charge in [-0.3, -0.25) is 4.79 Å². The molecule has 0 aliphatic carbocycles. The summed E-state index contributed by atoms with van der Waals surface area (Å²) in [6.07, 6.45) is 0.730. The van der Waals surface area contributed by atoms with Crippen LogP contribution >= 0.6 is 11.6 Å². The second-order valence-corrected chi connectivity index (χ2v) is 4.71. The minimum atomic E-state index is -0.0449. The van der Waals surface area contributed by atoms with Crippen molar-refractivity contribution in [3.63, 3.8) is 0 Å². The van der Waals surface area contributed by atoms with E-state index in [1.807, 2.05) is 12.1 Å². The Kier molecular flexibility index (Phi) is 2.89. The van der Waals surface area contributed by atoms with Crippen molar-refractivity contribution in [2.45, 2.75) is 13.0 Å². The average molecular weight is 262 g/mol. The number of rotatable bonds is 1. The normalized spacial score (nSPS) is 14.3. The van der Waals surface area contributed by atoms with Crippen molar-refractivity contribution < 1.29 is 0 Å². The second-order valence-electron chi connectivity index (χ2n) is 4.28. The van der Waals surface area contributed by atoms with E-state index in [9.17, 15) is 4.79 Å². The first-order valence-electron chi connectivity index (χ1n) is 5.83. The van der Waals surface area contributed by atoms with Gasteiger partial charge in [0.25, 0.3) is 5.56 Å². The third-order valence-corrected chi connectivity index (χ3v) is 3.28. The van der Waals surface area contributed by atoms with Crippen LogP contribution in [0.5, 0.6) is 0 Å². The van der Waals surface area contributed by atoms with Gasteiger partial charge in [-0.25, -0.2) is 4.98 Å². The van der Waals surface area contributed by atoms with Crippen LogP contribution in [0.15, 0.2) is 29.1 Å². The van der Waals surface area contributed by atoms with Gasteiger partial charge in [0, 0.05) is 22.7 Å². The summed E-state index contributed by atoms with van der Waals surface area (Å²) >= 11 is 5.95. The maximum Gasteiger partial charge on any atom is 0.254 e. The Morgan fingerprint density at radius 2 is 2.22 bits per heavy atom. The number of benzene rings is 1. The zero-order valence-electron chi connectivity index (χ0n) is 9.66. The fraction of sp³-hybridized carbons (Fsp3) is 0.231. The van der Waals surface area contributed by atoms with E-state index in [1.54, 1.807) is 12.1 Å². The number of aromatic nitrogens is 2. The molecular formula is C13H12ClN3O. The largest absolute Gasteiger partial charge is 0.311 e. The van der Waals surface area contributed by atoms with E-state index in [4.69, 9.17) is 11.6 Å². The van der Waals surface area contributed by atoms with Gasteiger partial charge in [-0.15, -0.1) is 0 Å². The third-order valence-electron chi connectivity index (χ3n) is 3.04. The predicted octanol–water partition coefficient (Wildman–Crippen LogP) is 1.74. The summed E-state index contributed by atoms with van der Waals surface area (Å²) in [5.74, 6) is 0.574. The lowest BCUT2D eigenvalue weighted by molar-refractivity contribution is 0.619. The zero-order valence-corrected chi connectivity index (χ0v) is 10.4. The summed E-state index contributed by atoms with van der Waals surface area (Å²) in [6, 6.07) is 7.31. The molecule has 5 heteroatoms. The van der Waals surface area contributed by atoms with E-state index in [2.05, 4.69) is 15.3 Å². The van der Waals surface area contributed by atoms with Crippen LogP contribution in [-0.2, 0) is 13.0 Å². The summed E-state index contributed by atoms with van der Waals surface area (Å²) in [5, 5.41) is 3.85. The van der Waals surface area contributed by atoms with E-state index in [0.717, 1.165) is 29.8 Å². The van der Waals surface area contributed by atoms with E-state index in [0.29, 0.717) is 17.4 Å². The molecule has 0 spiro atoms. The van der Waals surface area contributed by atoms with Gasteiger partial charge in [-0.05, 0) is 25.1 Å². The molecule has 0 saturated carbocycles. The molecule has 4 nitrogen and oxygen atoms in total. The molecule has 2 heterocycles. The van der Waals surface area contributed by atoms with Crippen molar-refractivity contribution >= 4 is 11.6 Å². The van der Waals surface area contributed by atoms with Crippen molar-refractivity contribution in [2.24, 2.45) is 0 Å². The molecule has 2 aromatic rings. The van der Waals surface area contributed by atoms with Gasteiger partial charge in [0.05, 0.1) is 5.69 Å². The van der Waals surface area contributed by atoms with E-state index < -0.39 is 0 Å². The Labute approximate surface area is 109 Å². The second kappa shape index (κ2) is 4.55. The van der Waals surface area contributed by atoms with Crippen molar-refractivity contribution in [1.29, 1.82) is 0 Å². The molecule has 2 N–H and O–H groups in total. The van der Waals surface area contributed by atoms with Gasteiger partial charge in [0.1, 0.15) is 5.82 Å². The topological polar surface area (TPSA) is 57.8 Å². The molecule has 1 aliphatic rings. The van der Waals surface area contributed by atoms with Gasteiger partial charge in [-0.2, -0.15) is 0 Å². The zero-order chi connectivity index (χ0) is 12.5. The Morgan fingerprint density at radius 3 is 3.06 bits per heavy atom. The smallest absolute Gasteiger partial charge is 0.254 e. The highest BCUT2D eigenvalue weighted by molar-refractivity contribution is 6.30. The standard InChI is InChI=1S/C13H12ClN3O/c14-9-3-1-2-8(6-9)12-16-11-7-15-5-4-10(11)13(18)17-12/h1-3,6,15H,4-5,7H2,(H,16,17,18). The Balaban J connectivity index is 2.14. The summed E-state index contributed by atoms with van der Waals surface area (Å²) in [6.45, 7) is 1.47. The van der Waals surface area contributed by atoms with Crippen LogP contribution in [0.2, 0.25) is 5.02 Å². The first kappa shape index (κ1) is 11.4. The summed E-state index contributed by atoms with van der Waals surface area (Å²) < 4.78 is 0. The number of hydrogen-bond acceptors (Lipinski definition) is 3. The molecule has 1 aliphatic heterocycles. The monoisotopic (exact) mass is 261 g/mol. The van der Waals surface area contributed by atoms with Crippen LogP contribution in [0.3, 0.4) is 0 Å². The Morgan fingerprint density at radius 1 is 1.33 bits per heavy atom. The highest BCUT2D eigenvalue weighted by atomic mass is 35.5. The van der Waals surface area contributed by atoms with Gasteiger partial charge in [-0.1, -0.05) is 23.7 Å². The maximum atomic E-state index is 12.0. The van der Waals surface area contributed by atoms with Crippen LogP contribution in [0.25, 0.3) is 11.4 Å². The van der Waals surface area contributed by atoms with Crippen LogP contribution in [-0.4, -0.2) is 16.5 Å². The van der Waals surface area contributed by atoms with Gasteiger partial charge < -0.3 is 10.3 Å². The average Bonchev–Trinajstić information content (AvgIpc) is 2.39. The first-order chi connectivity index (χ1) is 8.74. The molecule has 1 aromatic heterocycles. The van der Waals surface area contributed by atoms with Crippen molar-refractivity contribution in [2.75, 3.05) is 6.54 Å². The fourth-order valence-electron chi connectivity index (χ4n) is 2.14. The molecule has 0 radical (unpaired) electrons. The van der Waals surface area contributed by atoms with Crippen molar-refractivity contribution in [3.8, 4) is 11.4 Å². The Hall–Kier alpha value is -1.65. The molecular weight excluding hydrogens is 250 g/mol. The number of fused-ring (bicyclic) bond motifs is 1. The molecule has 0 fully saturated rings. The predicted molar refractivity (Wildman–Crippen MR) is 70.7 cm³/mol. The maximum absolute atomic E-state index is 12.0. The minimum Gasteiger partial charge on any atom is -0.311 e. The van der Waals surface area contributed by atoms with Gasteiger partial charge in [0.15, 0.2) is 0 Å².